The number of fused-ring (bicyclic) bond motifs is 1. The number of pyridine rings is 1. The predicted octanol–water partition coefficient (Wildman–Crippen LogP) is 2.86. The van der Waals surface area contributed by atoms with Gasteiger partial charge < -0.3 is 5.73 Å². The Morgan fingerprint density at radius 2 is 1.92 bits per heavy atom. The first-order valence-corrected chi connectivity index (χ1v) is 9.28. The van der Waals surface area contributed by atoms with E-state index in [0.29, 0.717) is 27.8 Å². The maximum absolute atomic E-state index is 13.0. The number of aryl methyl sites for hydroxylation is 1. The van der Waals surface area contributed by atoms with E-state index < -0.39 is 16.1 Å². The van der Waals surface area contributed by atoms with Gasteiger partial charge in [0.25, 0.3) is 10.0 Å². The van der Waals surface area contributed by atoms with Crippen LogP contribution < -0.4 is 15.4 Å². The van der Waals surface area contributed by atoms with Crippen LogP contribution in [0.3, 0.4) is 0 Å². The zero-order chi connectivity index (χ0) is 18.9. The third-order valence-electron chi connectivity index (χ3n) is 4.02. The average Bonchev–Trinajstić information content (AvgIpc) is 2.60. The Bertz CT molecular complexity index is 1100. The summed E-state index contributed by atoms with van der Waals surface area (Å²) < 4.78 is 28.6. The van der Waals surface area contributed by atoms with Crippen molar-refractivity contribution in [2.75, 3.05) is 16.7 Å². The zero-order valence-electron chi connectivity index (χ0n) is 14.3. The summed E-state index contributed by atoms with van der Waals surface area (Å²) in [6.45, 7) is 1.73. The number of aromatic nitrogens is 1. The maximum Gasteiger partial charge on any atom is 0.318 e. The lowest BCUT2D eigenvalue weighted by molar-refractivity contribution is 0.255. The van der Waals surface area contributed by atoms with Crippen LogP contribution in [0.2, 0.25) is 0 Å². The molecule has 3 N–H and O–H groups in total. The van der Waals surface area contributed by atoms with Crippen LogP contribution in [-0.2, 0) is 10.0 Å². The molecule has 2 amide bonds. The monoisotopic (exact) mass is 370 g/mol. The first kappa shape index (κ1) is 17.7. The van der Waals surface area contributed by atoms with E-state index in [1.54, 1.807) is 61.7 Å². The fourth-order valence-corrected chi connectivity index (χ4v) is 4.20. The van der Waals surface area contributed by atoms with Crippen LogP contribution >= 0.6 is 0 Å². The lowest BCUT2D eigenvalue weighted by Crippen LogP contribution is -2.31. The molecule has 0 aliphatic heterocycles. The molecule has 0 aliphatic carbocycles. The number of rotatable bonds is 4. The van der Waals surface area contributed by atoms with Gasteiger partial charge in [0.15, 0.2) is 0 Å². The Hall–Kier alpha value is -3.13. The lowest BCUT2D eigenvalue weighted by atomic mass is 10.1. The Kier molecular flexibility index (Phi) is 4.52. The van der Waals surface area contributed by atoms with Crippen molar-refractivity contribution >= 4 is 38.3 Å². The highest BCUT2D eigenvalue weighted by Crippen LogP contribution is 2.28. The molecule has 0 atom stereocenters. The number of anilines is 2. The topological polar surface area (TPSA) is 105 Å². The highest BCUT2D eigenvalue weighted by molar-refractivity contribution is 7.93. The Morgan fingerprint density at radius 3 is 2.65 bits per heavy atom. The smallest absolute Gasteiger partial charge is 0.318 e. The number of hydrogen-bond acceptors (Lipinski definition) is 4. The quantitative estimate of drug-likeness (QED) is 0.736. The van der Waals surface area contributed by atoms with E-state index in [0.717, 1.165) is 0 Å². The molecule has 3 rings (SSSR count). The molecule has 1 heterocycles. The molecule has 0 spiro atoms. The van der Waals surface area contributed by atoms with E-state index in [1.807, 2.05) is 0 Å². The maximum atomic E-state index is 13.0. The van der Waals surface area contributed by atoms with Gasteiger partial charge in [0.1, 0.15) is 0 Å². The Balaban J connectivity index is 2.05. The van der Waals surface area contributed by atoms with Crippen LogP contribution in [0.25, 0.3) is 10.9 Å². The van der Waals surface area contributed by atoms with Crippen molar-refractivity contribution in [1.82, 2.24) is 4.98 Å². The molecule has 1 aromatic heterocycles. The minimum Gasteiger partial charge on any atom is -0.351 e. The van der Waals surface area contributed by atoms with Crippen molar-refractivity contribution < 1.29 is 13.2 Å². The minimum atomic E-state index is -3.86. The molecular weight excluding hydrogens is 352 g/mol. The highest BCUT2D eigenvalue weighted by Gasteiger charge is 2.21. The SMILES string of the molecule is Cc1ccc2ncccc2c1S(=O)(=O)Nc1cccc(N(C)C(N)=O)c1. The molecular formula is C18H18N4O3S. The molecule has 0 bridgehead atoms. The predicted molar refractivity (Wildman–Crippen MR) is 102 cm³/mol. The van der Waals surface area contributed by atoms with Crippen molar-refractivity contribution in [3.8, 4) is 0 Å². The molecule has 26 heavy (non-hydrogen) atoms. The molecule has 3 aromatic rings. The van der Waals surface area contributed by atoms with E-state index >= 15 is 0 Å². The molecule has 8 heteroatoms. The summed E-state index contributed by atoms with van der Waals surface area (Å²) >= 11 is 0. The molecule has 7 nitrogen and oxygen atoms in total. The second-order valence-corrected chi connectivity index (χ2v) is 7.45. The number of nitrogens with one attached hydrogen (secondary N) is 1. The molecule has 2 aromatic carbocycles. The lowest BCUT2D eigenvalue weighted by Gasteiger charge is -2.17. The van der Waals surface area contributed by atoms with Crippen LogP contribution in [0.15, 0.2) is 59.6 Å². The highest BCUT2D eigenvalue weighted by atomic mass is 32.2. The Morgan fingerprint density at radius 1 is 1.15 bits per heavy atom. The third-order valence-corrected chi connectivity index (χ3v) is 5.60. The van der Waals surface area contributed by atoms with Crippen molar-refractivity contribution in [2.45, 2.75) is 11.8 Å². The van der Waals surface area contributed by atoms with Crippen LogP contribution in [0, 0.1) is 6.92 Å². The van der Waals surface area contributed by atoms with Gasteiger partial charge in [0.2, 0.25) is 0 Å². The third kappa shape index (κ3) is 3.31. The molecule has 134 valence electrons. The summed E-state index contributed by atoms with van der Waals surface area (Å²) in [5, 5.41) is 0.547. The fraction of sp³-hybridized carbons (Fsp3) is 0.111. The van der Waals surface area contributed by atoms with Gasteiger partial charge in [0, 0.05) is 24.3 Å². The molecule has 0 saturated carbocycles. The summed E-state index contributed by atoms with van der Waals surface area (Å²) in [7, 11) is -2.35. The van der Waals surface area contributed by atoms with Crippen LogP contribution in [0.1, 0.15) is 5.56 Å². The fourth-order valence-electron chi connectivity index (χ4n) is 2.70. The first-order chi connectivity index (χ1) is 12.3. The van der Waals surface area contributed by atoms with Gasteiger partial charge in [0.05, 0.1) is 16.1 Å². The second kappa shape index (κ2) is 6.64. The van der Waals surface area contributed by atoms with Gasteiger partial charge in [-0.05, 0) is 48.9 Å². The van der Waals surface area contributed by atoms with Gasteiger partial charge in [-0.1, -0.05) is 12.1 Å². The van der Waals surface area contributed by atoms with Gasteiger partial charge in [-0.2, -0.15) is 0 Å². The Labute approximate surface area is 151 Å². The summed E-state index contributed by atoms with van der Waals surface area (Å²) in [5.74, 6) is 0. The number of nitrogens with zero attached hydrogens (tertiary/aromatic N) is 2. The number of nitrogens with two attached hydrogens (primary N) is 1. The largest absolute Gasteiger partial charge is 0.351 e. The number of amides is 2. The van der Waals surface area contributed by atoms with E-state index in [2.05, 4.69) is 9.71 Å². The van der Waals surface area contributed by atoms with Crippen LogP contribution in [-0.4, -0.2) is 26.5 Å². The molecule has 0 fully saturated rings. The van der Waals surface area contributed by atoms with Crippen molar-refractivity contribution in [2.24, 2.45) is 5.73 Å². The van der Waals surface area contributed by atoms with Gasteiger partial charge in [-0.3, -0.25) is 14.6 Å². The van der Waals surface area contributed by atoms with Gasteiger partial charge in [-0.15, -0.1) is 0 Å². The molecule has 0 radical (unpaired) electrons. The first-order valence-electron chi connectivity index (χ1n) is 7.80. The zero-order valence-corrected chi connectivity index (χ0v) is 15.1. The molecule has 0 saturated heterocycles. The molecule has 0 aliphatic rings. The van der Waals surface area contributed by atoms with Gasteiger partial charge in [-0.25, -0.2) is 13.2 Å². The standard InChI is InChI=1S/C18H18N4O3S/c1-12-8-9-16-15(7-4-10-20-16)17(12)26(24,25)21-13-5-3-6-14(11-13)22(2)18(19)23/h3-11,21H,1-2H3,(H2,19,23). The van der Waals surface area contributed by atoms with E-state index in [4.69, 9.17) is 5.73 Å². The summed E-state index contributed by atoms with van der Waals surface area (Å²) in [5.41, 5.74) is 7.28. The van der Waals surface area contributed by atoms with Crippen molar-refractivity contribution in [3.63, 3.8) is 0 Å². The normalized spacial score (nSPS) is 11.3. The number of carbonyl (C=O) groups excluding carboxylic acids is 1. The minimum absolute atomic E-state index is 0.178. The number of primary amides is 1. The summed E-state index contributed by atoms with van der Waals surface area (Å²) in [4.78, 5) is 16.9. The van der Waals surface area contributed by atoms with Crippen LogP contribution in [0.5, 0.6) is 0 Å². The summed E-state index contributed by atoms with van der Waals surface area (Å²) in [6.07, 6.45) is 1.62. The van der Waals surface area contributed by atoms with Crippen LogP contribution in [0.4, 0.5) is 16.2 Å². The number of hydrogen-bond donors (Lipinski definition) is 2. The van der Waals surface area contributed by atoms with E-state index in [1.165, 1.54) is 11.9 Å². The second-order valence-electron chi connectivity index (χ2n) is 5.83. The van der Waals surface area contributed by atoms with E-state index in [9.17, 15) is 13.2 Å². The molecule has 0 unspecified atom stereocenters. The van der Waals surface area contributed by atoms with E-state index in [-0.39, 0.29) is 4.90 Å². The van der Waals surface area contributed by atoms with Gasteiger partial charge >= 0.3 is 6.03 Å². The average molecular weight is 370 g/mol. The summed E-state index contributed by atoms with van der Waals surface area (Å²) in [6, 6.07) is 12.7. The number of sulfonamides is 1. The number of urea groups is 1. The van der Waals surface area contributed by atoms with Crippen molar-refractivity contribution in [3.05, 3.63) is 60.3 Å². The van der Waals surface area contributed by atoms with Crippen molar-refractivity contribution in [1.29, 1.82) is 0 Å². The number of carbonyl (C=O) groups is 1. The number of benzene rings is 2.